The summed E-state index contributed by atoms with van der Waals surface area (Å²) in [5.74, 6) is -1.49. The van der Waals surface area contributed by atoms with E-state index in [1.807, 2.05) is 0 Å². The molecule has 0 radical (unpaired) electrons. The Balaban J connectivity index is 2.93. The molecule has 0 spiro atoms. The minimum absolute atomic E-state index is 0.0743. The van der Waals surface area contributed by atoms with Crippen LogP contribution < -0.4 is 10.1 Å². The number of carbonyl (C=O) groups excluding carboxylic acids is 2. The van der Waals surface area contributed by atoms with Crippen molar-refractivity contribution in [1.29, 1.82) is 0 Å². The van der Waals surface area contributed by atoms with E-state index < -0.39 is 17.8 Å². The van der Waals surface area contributed by atoms with Gasteiger partial charge in [-0.2, -0.15) is 0 Å². The van der Waals surface area contributed by atoms with E-state index in [2.05, 4.69) is 5.32 Å². The van der Waals surface area contributed by atoms with Gasteiger partial charge in [-0.05, 0) is 26.0 Å². The van der Waals surface area contributed by atoms with Crippen molar-refractivity contribution in [3.05, 3.63) is 29.6 Å². The number of halogens is 1. The van der Waals surface area contributed by atoms with Gasteiger partial charge >= 0.3 is 0 Å². The summed E-state index contributed by atoms with van der Waals surface area (Å²) in [6, 6.07) is 3.40. The molecule has 0 saturated carbocycles. The Morgan fingerprint density at radius 1 is 1.40 bits per heavy atom. The van der Waals surface area contributed by atoms with Gasteiger partial charge in [0, 0.05) is 14.1 Å². The lowest BCUT2D eigenvalue weighted by Crippen LogP contribution is -2.44. The Morgan fingerprint density at radius 3 is 2.60 bits per heavy atom. The maximum absolute atomic E-state index is 13.6. The smallest absolute Gasteiger partial charge is 0.255 e. The van der Waals surface area contributed by atoms with Gasteiger partial charge in [-0.3, -0.25) is 9.59 Å². The average molecular weight is 282 g/mol. The molecule has 0 unspecified atom stereocenters. The Bertz CT molecular complexity index is 503. The Morgan fingerprint density at radius 2 is 2.05 bits per heavy atom. The monoisotopic (exact) mass is 282 g/mol. The lowest BCUT2D eigenvalue weighted by atomic mass is 10.1. The quantitative estimate of drug-likeness (QED) is 0.889. The van der Waals surface area contributed by atoms with Crippen molar-refractivity contribution >= 4 is 11.8 Å². The predicted molar refractivity (Wildman–Crippen MR) is 73.2 cm³/mol. The highest BCUT2D eigenvalue weighted by molar-refractivity contribution is 5.99. The molecule has 0 heterocycles. The molecule has 0 saturated heterocycles. The van der Waals surface area contributed by atoms with Crippen LogP contribution in [0.3, 0.4) is 0 Å². The first-order chi connectivity index (χ1) is 9.38. The SMILES string of the molecule is CCOc1c(F)cccc1C(=O)N[C@@H](C)C(=O)N(C)C. The highest BCUT2D eigenvalue weighted by Gasteiger charge is 2.21. The third kappa shape index (κ3) is 3.69. The fraction of sp³-hybridized carbons (Fsp3) is 0.429. The fourth-order valence-electron chi connectivity index (χ4n) is 1.70. The number of rotatable bonds is 5. The summed E-state index contributed by atoms with van der Waals surface area (Å²) in [5, 5.41) is 2.53. The molecule has 2 amide bonds. The number of para-hydroxylation sites is 1. The molecule has 1 aromatic carbocycles. The van der Waals surface area contributed by atoms with Crippen LogP contribution in [0.1, 0.15) is 24.2 Å². The Labute approximate surface area is 117 Å². The minimum Gasteiger partial charge on any atom is -0.490 e. The van der Waals surface area contributed by atoms with Crippen LogP contribution in [-0.4, -0.2) is 43.5 Å². The lowest BCUT2D eigenvalue weighted by Gasteiger charge is -2.18. The first kappa shape index (κ1) is 15.9. The van der Waals surface area contributed by atoms with E-state index in [0.29, 0.717) is 0 Å². The van der Waals surface area contributed by atoms with Crippen LogP contribution in [0.5, 0.6) is 5.75 Å². The van der Waals surface area contributed by atoms with Gasteiger partial charge in [-0.25, -0.2) is 4.39 Å². The summed E-state index contributed by atoms with van der Waals surface area (Å²) < 4.78 is 18.8. The standard InChI is InChI=1S/C14H19FN2O3/c1-5-20-12-10(7-6-8-11(12)15)13(18)16-9(2)14(19)17(3)4/h6-9H,5H2,1-4H3,(H,16,18)/t9-/m0/s1. The molecule has 0 bridgehead atoms. The average Bonchev–Trinajstić information content (AvgIpc) is 2.39. The first-order valence-corrected chi connectivity index (χ1v) is 6.31. The van der Waals surface area contributed by atoms with Crippen LogP contribution in [0.15, 0.2) is 18.2 Å². The van der Waals surface area contributed by atoms with Crippen LogP contribution in [-0.2, 0) is 4.79 Å². The van der Waals surface area contributed by atoms with Gasteiger partial charge in [0.1, 0.15) is 6.04 Å². The summed E-state index contributed by atoms with van der Waals surface area (Å²) in [7, 11) is 3.19. The van der Waals surface area contributed by atoms with E-state index in [9.17, 15) is 14.0 Å². The predicted octanol–water partition coefficient (Wildman–Crippen LogP) is 1.43. The second kappa shape index (κ2) is 6.88. The lowest BCUT2D eigenvalue weighted by molar-refractivity contribution is -0.130. The van der Waals surface area contributed by atoms with Crippen molar-refractivity contribution in [2.75, 3.05) is 20.7 Å². The van der Waals surface area contributed by atoms with Gasteiger partial charge in [0.2, 0.25) is 5.91 Å². The van der Waals surface area contributed by atoms with Crippen LogP contribution in [0.4, 0.5) is 4.39 Å². The van der Waals surface area contributed by atoms with Crippen LogP contribution in [0.25, 0.3) is 0 Å². The van der Waals surface area contributed by atoms with Crippen LogP contribution >= 0.6 is 0 Å². The minimum atomic E-state index is -0.699. The van der Waals surface area contributed by atoms with E-state index in [-0.39, 0.29) is 23.8 Å². The van der Waals surface area contributed by atoms with E-state index >= 15 is 0 Å². The van der Waals surface area contributed by atoms with Gasteiger partial charge in [-0.15, -0.1) is 0 Å². The van der Waals surface area contributed by atoms with E-state index in [1.54, 1.807) is 27.9 Å². The first-order valence-electron chi connectivity index (χ1n) is 6.31. The van der Waals surface area contributed by atoms with Gasteiger partial charge in [0.15, 0.2) is 11.6 Å². The molecule has 0 fully saturated rings. The van der Waals surface area contributed by atoms with Crippen molar-refractivity contribution in [2.24, 2.45) is 0 Å². The maximum Gasteiger partial charge on any atom is 0.255 e. The molecule has 1 aromatic rings. The molecule has 1 atom stereocenters. The third-order valence-corrected chi connectivity index (χ3v) is 2.66. The number of hydrogen-bond acceptors (Lipinski definition) is 3. The number of ether oxygens (including phenoxy) is 1. The third-order valence-electron chi connectivity index (χ3n) is 2.66. The summed E-state index contributed by atoms with van der Waals surface area (Å²) >= 11 is 0. The highest BCUT2D eigenvalue weighted by atomic mass is 19.1. The van der Waals surface area contributed by atoms with Gasteiger partial charge in [0.25, 0.3) is 5.91 Å². The molecule has 6 heteroatoms. The normalized spacial score (nSPS) is 11.7. The molecule has 0 aliphatic heterocycles. The molecular formula is C14H19FN2O3. The van der Waals surface area contributed by atoms with Crippen molar-refractivity contribution in [3.8, 4) is 5.75 Å². The second-order valence-corrected chi connectivity index (χ2v) is 4.48. The van der Waals surface area contributed by atoms with Crippen molar-refractivity contribution in [3.63, 3.8) is 0 Å². The van der Waals surface area contributed by atoms with Crippen molar-refractivity contribution < 1.29 is 18.7 Å². The van der Waals surface area contributed by atoms with Crippen molar-refractivity contribution in [2.45, 2.75) is 19.9 Å². The number of carbonyl (C=O) groups is 2. The Kier molecular flexibility index (Phi) is 5.49. The van der Waals surface area contributed by atoms with Crippen LogP contribution in [0.2, 0.25) is 0 Å². The van der Waals surface area contributed by atoms with Crippen LogP contribution in [0, 0.1) is 5.82 Å². The largest absolute Gasteiger partial charge is 0.490 e. The molecule has 20 heavy (non-hydrogen) atoms. The summed E-state index contributed by atoms with van der Waals surface area (Å²) in [6.45, 7) is 3.51. The molecule has 5 nitrogen and oxygen atoms in total. The van der Waals surface area contributed by atoms with Gasteiger partial charge in [0.05, 0.1) is 12.2 Å². The molecule has 0 aliphatic carbocycles. The zero-order valence-electron chi connectivity index (χ0n) is 12.1. The summed E-state index contributed by atoms with van der Waals surface area (Å²) in [5.41, 5.74) is 0.0743. The molecule has 1 N–H and O–H groups in total. The Hall–Kier alpha value is -2.11. The number of benzene rings is 1. The van der Waals surface area contributed by atoms with E-state index in [1.165, 1.54) is 23.1 Å². The van der Waals surface area contributed by atoms with E-state index in [0.717, 1.165) is 0 Å². The zero-order valence-corrected chi connectivity index (χ0v) is 12.1. The molecular weight excluding hydrogens is 263 g/mol. The summed E-state index contributed by atoms with van der Waals surface area (Å²) in [6.07, 6.45) is 0. The molecule has 110 valence electrons. The summed E-state index contributed by atoms with van der Waals surface area (Å²) in [4.78, 5) is 25.2. The topological polar surface area (TPSA) is 58.6 Å². The van der Waals surface area contributed by atoms with Crippen molar-refractivity contribution in [1.82, 2.24) is 10.2 Å². The van der Waals surface area contributed by atoms with Gasteiger partial charge < -0.3 is 15.0 Å². The maximum atomic E-state index is 13.6. The van der Waals surface area contributed by atoms with E-state index in [4.69, 9.17) is 4.74 Å². The van der Waals surface area contributed by atoms with Gasteiger partial charge in [-0.1, -0.05) is 6.07 Å². The number of likely N-dealkylation sites (N-methyl/N-ethyl adjacent to an activating group) is 1. The number of nitrogens with one attached hydrogen (secondary N) is 1. The molecule has 0 aromatic heterocycles. The second-order valence-electron chi connectivity index (χ2n) is 4.48. The highest BCUT2D eigenvalue weighted by Crippen LogP contribution is 2.22. The number of amides is 2. The number of nitrogens with zero attached hydrogens (tertiary/aromatic N) is 1. The molecule has 1 rings (SSSR count). The molecule has 0 aliphatic rings. The number of hydrogen-bond donors (Lipinski definition) is 1. The zero-order chi connectivity index (χ0) is 15.3. The fourth-order valence-corrected chi connectivity index (χ4v) is 1.70.